The maximum Gasteiger partial charge on any atom is 0.246 e. The topological polar surface area (TPSA) is 108 Å². The molecule has 3 aliphatic heterocycles. The molecule has 6 atom stereocenters. The predicted octanol–water partition coefficient (Wildman–Crippen LogP) is 4.13. The number of amides is 3. The van der Waals surface area contributed by atoms with Crippen LogP contribution in [0.25, 0.3) is 0 Å². The van der Waals surface area contributed by atoms with Crippen LogP contribution in [0.15, 0.2) is 30.3 Å². The summed E-state index contributed by atoms with van der Waals surface area (Å²) in [6.07, 6.45) is 2.40. The molecule has 4 rings (SSSR count). The van der Waals surface area contributed by atoms with Crippen LogP contribution >= 0.6 is 0 Å². The fraction of sp³-hybridized carbons (Fsp3) is 0.710. The summed E-state index contributed by atoms with van der Waals surface area (Å²) in [4.78, 5) is 44.1. The van der Waals surface area contributed by atoms with Crippen LogP contribution in [-0.2, 0) is 19.1 Å². The molecule has 2 unspecified atom stereocenters. The Morgan fingerprint density at radius 1 is 1.10 bits per heavy atom. The van der Waals surface area contributed by atoms with Gasteiger partial charge in [0.2, 0.25) is 17.7 Å². The van der Waals surface area contributed by atoms with Crippen molar-refractivity contribution in [3.05, 3.63) is 30.3 Å². The van der Waals surface area contributed by atoms with Crippen molar-refractivity contribution in [1.29, 1.82) is 0 Å². The second-order valence-electron chi connectivity index (χ2n) is 14.0. The van der Waals surface area contributed by atoms with Gasteiger partial charge in [-0.25, -0.2) is 0 Å². The van der Waals surface area contributed by atoms with Crippen LogP contribution in [0.5, 0.6) is 0 Å². The van der Waals surface area contributed by atoms with E-state index >= 15 is 0 Å². The lowest BCUT2D eigenvalue weighted by Crippen LogP contribution is -2.62. The van der Waals surface area contributed by atoms with Gasteiger partial charge >= 0.3 is 0 Å². The number of hydrogen-bond donors (Lipinski definition) is 3. The van der Waals surface area contributed by atoms with E-state index in [4.69, 9.17) is 4.74 Å². The smallest absolute Gasteiger partial charge is 0.246 e. The Balaban J connectivity index is 1.77. The van der Waals surface area contributed by atoms with Gasteiger partial charge in [-0.1, -0.05) is 59.7 Å². The average Bonchev–Trinajstić information content (AvgIpc) is 3.42. The van der Waals surface area contributed by atoms with E-state index in [1.807, 2.05) is 65.0 Å². The fourth-order valence-corrected chi connectivity index (χ4v) is 7.84. The molecular weight excluding hydrogens is 494 g/mol. The van der Waals surface area contributed by atoms with Gasteiger partial charge in [-0.05, 0) is 63.0 Å². The largest absolute Gasteiger partial charge is 0.394 e. The molecule has 3 heterocycles. The molecule has 1 aromatic carbocycles. The lowest BCUT2D eigenvalue weighted by molar-refractivity contribution is -0.152. The number of aliphatic hydroxyl groups is 1. The maximum absolute atomic E-state index is 14.4. The molecule has 8 heteroatoms. The summed E-state index contributed by atoms with van der Waals surface area (Å²) < 4.78 is 6.85. The zero-order valence-electron chi connectivity index (χ0n) is 24.8. The minimum absolute atomic E-state index is 0.0243. The summed E-state index contributed by atoms with van der Waals surface area (Å²) in [5.41, 5.74) is -1.85. The molecule has 1 spiro atoms. The summed E-state index contributed by atoms with van der Waals surface area (Å²) in [5, 5.41) is 16.7. The van der Waals surface area contributed by atoms with E-state index in [0.717, 1.165) is 6.42 Å². The Labute approximate surface area is 233 Å². The van der Waals surface area contributed by atoms with E-state index < -0.39 is 40.7 Å². The number of carbonyl (C=O) groups is 3. The molecule has 0 aliphatic carbocycles. The first-order chi connectivity index (χ1) is 18.1. The number of likely N-dealkylation sites (tertiary alicyclic amines) is 1. The van der Waals surface area contributed by atoms with Crippen molar-refractivity contribution in [3.8, 4) is 0 Å². The van der Waals surface area contributed by atoms with E-state index in [1.54, 1.807) is 4.90 Å². The van der Waals surface area contributed by atoms with Crippen molar-refractivity contribution in [2.45, 2.75) is 110 Å². The molecule has 3 fully saturated rings. The zero-order valence-corrected chi connectivity index (χ0v) is 24.8. The zero-order chi connectivity index (χ0) is 29.0. The third-order valence-electron chi connectivity index (χ3n) is 8.94. The third kappa shape index (κ3) is 5.10. The maximum atomic E-state index is 14.4. The molecule has 0 radical (unpaired) electrons. The third-order valence-corrected chi connectivity index (χ3v) is 8.94. The van der Waals surface area contributed by atoms with Crippen molar-refractivity contribution < 1.29 is 24.2 Å². The highest BCUT2D eigenvalue weighted by molar-refractivity contribution is 6.02. The van der Waals surface area contributed by atoms with Crippen LogP contribution in [0, 0.1) is 23.2 Å². The van der Waals surface area contributed by atoms with E-state index in [9.17, 15) is 19.5 Å². The minimum Gasteiger partial charge on any atom is -0.394 e. The Bertz CT molecular complexity index is 1100. The van der Waals surface area contributed by atoms with Crippen LogP contribution < -0.4 is 10.6 Å². The quantitative estimate of drug-likeness (QED) is 0.436. The number of benzene rings is 1. The number of hydrogen-bond acceptors (Lipinski definition) is 5. The van der Waals surface area contributed by atoms with Crippen molar-refractivity contribution in [2.24, 2.45) is 23.2 Å². The standard InChI is InChI=1S/C31H47N3O5/c1-9-30-15-16-31(39-30)23(22(30)25(36)32-20-13-11-10-12-14-20)27(38)34(21(17-35)19(2)3)24(31)26(37)33-29(7,8)18-28(4,5)6/h10-14,19,21-24,35H,9,15-18H2,1-8H3,(H,32,36)(H,33,37)/t21-,22+,23-,24?,30-,31?/m0/s1. The Morgan fingerprint density at radius 3 is 2.28 bits per heavy atom. The average molecular weight is 542 g/mol. The number of carbonyl (C=O) groups excluding carboxylic acids is 3. The molecule has 0 saturated carbocycles. The lowest BCUT2D eigenvalue weighted by Gasteiger charge is -2.41. The van der Waals surface area contributed by atoms with Crippen molar-refractivity contribution >= 4 is 23.4 Å². The fourth-order valence-electron chi connectivity index (χ4n) is 7.84. The SMILES string of the molecule is CC[C@@]12CCC3(O1)C(C(=O)NC(C)(C)CC(C)(C)C)N([C@@H](CO)C(C)C)C(=O)[C@@H]3[C@@H]2C(=O)Nc1ccccc1. The van der Waals surface area contributed by atoms with E-state index in [0.29, 0.717) is 24.9 Å². The van der Waals surface area contributed by atoms with Crippen molar-refractivity contribution in [3.63, 3.8) is 0 Å². The lowest BCUT2D eigenvalue weighted by atomic mass is 9.65. The van der Waals surface area contributed by atoms with Gasteiger partial charge in [-0.3, -0.25) is 14.4 Å². The van der Waals surface area contributed by atoms with Gasteiger partial charge in [-0.15, -0.1) is 0 Å². The molecule has 216 valence electrons. The van der Waals surface area contributed by atoms with E-state index in [-0.39, 0.29) is 35.7 Å². The van der Waals surface area contributed by atoms with Crippen LogP contribution in [0.4, 0.5) is 5.69 Å². The van der Waals surface area contributed by atoms with Crippen LogP contribution in [0.2, 0.25) is 0 Å². The number of anilines is 1. The first kappa shape index (κ1) is 29.5. The first-order valence-electron chi connectivity index (χ1n) is 14.4. The molecule has 8 nitrogen and oxygen atoms in total. The van der Waals surface area contributed by atoms with Crippen LogP contribution in [-0.4, -0.2) is 63.2 Å². The highest BCUT2D eigenvalue weighted by atomic mass is 16.5. The van der Waals surface area contributed by atoms with E-state index in [2.05, 4.69) is 31.4 Å². The molecular formula is C31H47N3O5. The van der Waals surface area contributed by atoms with Gasteiger partial charge in [0, 0.05) is 11.2 Å². The van der Waals surface area contributed by atoms with Gasteiger partial charge in [0.05, 0.1) is 30.1 Å². The summed E-state index contributed by atoms with van der Waals surface area (Å²) in [6, 6.07) is 7.70. The molecule has 1 aromatic rings. The molecule has 3 amide bonds. The number of para-hydroxylation sites is 1. The van der Waals surface area contributed by atoms with Gasteiger partial charge in [0.1, 0.15) is 11.6 Å². The Morgan fingerprint density at radius 2 is 1.74 bits per heavy atom. The normalized spacial score (nSPS) is 31.0. The summed E-state index contributed by atoms with van der Waals surface area (Å²) >= 11 is 0. The van der Waals surface area contributed by atoms with Crippen LogP contribution in [0.3, 0.4) is 0 Å². The van der Waals surface area contributed by atoms with Gasteiger partial charge in [0.15, 0.2) is 0 Å². The van der Waals surface area contributed by atoms with Gasteiger partial charge < -0.3 is 25.4 Å². The monoisotopic (exact) mass is 541 g/mol. The van der Waals surface area contributed by atoms with Crippen molar-refractivity contribution in [2.75, 3.05) is 11.9 Å². The first-order valence-corrected chi connectivity index (χ1v) is 14.4. The summed E-state index contributed by atoms with van der Waals surface area (Å²) in [5.74, 6) is -2.46. The summed E-state index contributed by atoms with van der Waals surface area (Å²) in [7, 11) is 0. The molecule has 0 aromatic heterocycles. The highest BCUT2D eigenvalue weighted by Crippen LogP contribution is 2.64. The van der Waals surface area contributed by atoms with Crippen molar-refractivity contribution in [1.82, 2.24) is 10.2 Å². The predicted molar refractivity (Wildman–Crippen MR) is 151 cm³/mol. The number of aliphatic hydroxyl groups excluding tert-OH is 1. The second-order valence-corrected chi connectivity index (χ2v) is 14.0. The number of nitrogens with zero attached hydrogens (tertiary/aromatic N) is 1. The Hall–Kier alpha value is -2.45. The Kier molecular flexibility index (Phi) is 7.71. The number of nitrogens with one attached hydrogen (secondary N) is 2. The summed E-state index contributed by atoms with van der Waals surface area (Å²) in [6.45, 7) is 16.0. The van der Waals surface area contributed by atoms with Crippen LogP contribution in [0.1, 0.15) is 81.1 Å². The molecule has 3 saturated heterocycles. The number of ether oxygens (including phenoxy) is 1. The van der Waals surface area contributed by atoms with Gasteiger partial charge in [0.25, 0.3) is 0 Å². The van der Waals surface area contributed by atoms with Gasteiger partial charge in [-0.2, -0.15) is 0 Å². The number of rotatable bonds is 9. The highest BCUT2D eigenvalue weighted by Gasteiger charge is 2.79. The second kappa shape index (κ2) is 10.2. The minimum atomic E-state index is -1.13. The number of fused-ring (bicyclic) bond motifs is 1. The molecule has 3 aliphatic rings. The molecule has 2 bridgehead atoms. The van der Waals surface area contributed by atoms with E-state index in [1.165, 1.54) is 0 Å². The molecule has 39 heavy (non-hydrogen) atoms. The molecule has 3 N–H and O–H groups in total.